The van der Waals surface area contributed by atoms with Crippen molar-refractivity contribution in [3.8, 4) is 5.75 Å². The molecule has 0 saturated carbocycles. The first-order valence-electron chi connectivity index (χ1n) is 10.3. The predicted octanol–water partition coefficient (Wildman–Crippen LogP) is 2.73. The number of amides is 4. The van der Waals surface area contributed by atoms with Crippen LogP contribution in [0.15, 0.2) is 48.5 Å². The van der Waals surface area contributed by atoms with Gasteiger partial charge in [-0.1, -0.05) is 18.2 Å². The Morgan fingerprint density at radius 2 is 1.86 bits per heavy atom. The first-order valence-corrected chi connectivity index (χ1v) is 10.3. The quantitative estimate of drug-likeness (QED) is 0.531. The molecule has 0 unspecified atom stereocenters. The number of esters is 1. The molecule has 3 rings (SSSR count). The van der Waals surface area contributed by atoms with Crippen molar-refractivity contribution in [2.45, 2.75) is 18.8 Å². The zero-order chi connectivity index (χ0) is 25.6. The summed E-state index contributed by atoms with van der Waals surface area (Å²) in [5.74, 6) is -2.47. The van der Waals surface area contributed by atoms with Crippen molar-refractivity contribution < 1.29 is 41.8 Å². The second kappa shape index (κ2) is 10.8. The number of halogens is 3. The van der Waals surface area contributed by atoms with Crippen LogP contribution in [0.3, 0.4) is 0 Å². The average Bonchev–Trinajstić information content (AvgIpc) is 2.80. The van der Waals surface area contributed by atoms with E-state index in [0.29, 0.717) is 0 Å². The van der Waals surface area contributed by atoms with E-state index in [2.05, 4.69) is 25.4 Å². The zero-order valence-corrected chi connectivity index (χ0v) is 18.3. The summed E-state index contributed by atoms with van der Waals surface area (Å²) in [4.78, 5) is 50.6. The molecule has 0 aliphatic carbocycles. The van der Waals surface area contributed by atoms with Gasteiger partial charge in [-0.15, -0.1) is 13.2 Å². The van der Waals surface area contributed by atoms with Gasteiger partial charge in [-0.3, -0.25) is 9.59 Å². The van der Waals surface area contributed by atoms with Crippen LogP contribution in [0.4, 0.5) is 29.3 Å². The van der Waals surface area contributed by atoms with Crippen molar-refractivity contribution >= 4 is 35.2 Å². The molecule has 1 aliphatic rings. The largest absolute Gasteiger partial charge is 0.573 e. The van der Waals surface area contributed by atoms with Crippen LogP contribution in [-0.4, -0.2) is 61.3 Å². The van der Waals surface area contributed by atoms with Crippen LogP contribution < -0.4 is 20.7 Å². The highest BCUT2D eigenvalue weighted by Gasteiger charge is 2.36. The Kier molecular flexibility index (Phi) is 7.79. The zero-order valence-electron chi connectivity index (χ0n) is 18.3. The number of para-hydroxylation sites is 2. The number of nitrogens with one attached hydrogen (secondary N) is 3. The smallest absolute Gasteiger partial charge is 0.465 e. The van der Waals surface area contributed by atoms with E-state index in [1.165, 1.54) is 49.6 Å². The Bertz CT molecular complexity index is 1120. The van der Waals surface area contributed by atoms with Crippen molar-refractivity contribution in [1.82, 2.24) is 10.2 Å². The van der Waals surface area contributed by atoms with Gasteiger partial charge < -0.3 is 30.3 Å². The third kappa shape index (κ3) is 6.85. The van der Waals surface area contributed by atoms with Crippen molar-refractivity contribution in [1.29, 1.82) is 0 Å². The van der Waals surface area contributed by atoms with Crippen molar-refractivity contribution in [2.24, 2.45) is 0 Å². The Morgan fingerprint density at radius 1 is 1.11 bits per heavy atom. The van der Waals surface area contributed by atoms with Crippen LogP contribution >= 0.6 is 0 Å². The molecule has 186 valence electrons. The van der Waals surface area contributed by atoms with Gasteiger partial charge in [-0.2, -0.15) is 0 Å². The lowest BCUT2D eigenvalue weighted by atomic mass is 10.1. The Balaban J connectivity index is 1.72. The SMILES string of the molecule is COC(=O)c1cccc(NC(=O)C[C@@H]2C(=O)NCCN2C(=O)Nc2ccccc2OC(F)(F)F)c1. The van der Waals surface area contributed by atoms with E-state index < -0.39 is 48.4 Å². The highest BCUT2D eigenvalue weighted by molar-refractivity contribution is 6.00. The molecule has 1 saturated heterocycles. The van der Waals surface area contributed by atoms with Crippen LogP contribution in [0.5, 0.6) is 5.75 Å². The minimum atomic E-state index is -4.97. The summed E-state index contributed by atoms with van der Waals surface area (Å²) in [5, 5.41) is 7.39. The highest BCUT2D eigenvalue weighted by atomic mass is 19.4. The number of ether oxygens (including phenoxy) is 2. The van der Waals surface area contributed by atoms with Gasteiger partial charge in [0.25, 0.3) is 0 Å². The summed E-state index contributed by atoms with van der Waals surface area (Å²) in [7, 11) is 1.21. The maximum atomic E-state index is 12.8. The number of urea groups is 1. The summed E-state index contributed by atoms with van der Waals surface area (Å²) >= 11 is 0. The van der Waals surface area contributed by atoms with Crippen molar-refractivity contribution in [3.63, 3.8) is 0 Å². The predicted molar refractivity (Wildman–Crippen MR) is 117 cm³/mol. The van der Waals surface area contributed by atoms with E-state index in [0.717, 1.165) is 11.0 Å². The minimum Gasteiger partial charge on any atom is -0.465 e. The molecule has 13 heteroatoms. The number of carbonyl (C=O) groups is 4. The number of anilines is 2. The summed E-state index contributed by atoms with van der Waals surface area (Å²) in [5.41, 5.74) is 0.202. The number of carbonyl (C=O) groups excluding carboxylic acids is 4. The fourth-order valence-corrected chi connectivity index (χ4v) is 3.36. The van der Waals surface area contributed by atoms with Crippen LogP contribution in [0.2, 0.25) is 0 Å². The molecule has 0 aromatic heterocycles. The molecule has 1 atom stereocenters. The summed E-state index contributed by atoms with van der Waals surface area (Å²) in [6.45, 7) is 0.0991. The molecular formula is C22H21F3N4O6. The number of benzene rings is 2. The van der Waals surface area contributed by atoms with Gasteiger partial charge in [-0.05, 0) is 30.3 Å². The van der Waals surface area contributed by atoms with E-state index in [-0.39, 0.29) is 30.0 Å². The van der Waals surface area contributed by atoms with E-state index in [1.807, 2.05) is 0 Å². The molecule has 10 nitrogen and oxygen atoms in total. The minimum absolute atomic E-state index is 0.00956. The van der Waals surface area contributed by atoms with Crippen LogP contribution in [0, 0.1) is 0 Å². The fourth-order valence-electron chi connectivity index (χ4n) is 3.36. The maximum Gasteiger partial charge on any atom is 0.573 e. The standard InChI is InChI=1S/C22H21F3N4O6/c1-34-20(32)13-5-4-6-14(11-13)27-18(30)12-16-19(31)26-9-10-29(16)21(33)28-15-7-2-3-8-17(15)35-22(23,24)25/h2-8,11,16H,9-10,12H2,1H3,(H,26,31)(H,27,30)(H,28,33)/t16-/m1/s1. The van der Waals surface area contributed by atoms with Gasteiger partial charge in [0.15, 0.2) is 5.75 Å². The normalized spacial score (nSPS) is 15.6. The lowest BCUT2D eigenvalue weighted by Crippen LogP contribution is -2.59. The monoisotopic (exact) mass is 494 g/mol. The third-order valence-corrected chi connectivity index (χ3v) is 4.89. The molecule has 1 fully saturated rings. The molecule has 0 radical (unpaired) electrons. The van der Waals surface area contributed by atoms with Crippen molar-refractivity contribution in [3.05, 3.63) is 54.1 Å². The topological polar surface area (TPSA) is 126 Å². The van der Waals surface area contributed by atoms with Crippen LogP contribution in [0.25, 0.3) is 0 Å². The third-order valence-electron chi connectivity index (χ3n) is 4.89. The lowest BCUT2D eigenvalue weighted by Gasteiger charge is -2.34. The molecule has 35 heavy (non-hydrogen) atoms. The van der Waals surface area contributed by atoms with Crippen LogP contribution in [0.1, 0.15) is 16.8 Å². The molecule has 3 N–H and O–H groups in total. The first kappa shape index (κ1) is 25.3. The molecule has 1 heterocycles. The molecule has 4 amide bonds. The summed E-state index contributed by atoms with van der Waals surface area (Å²) in [6, 6.07) is 8.73. The number of hydrogen-bond donors (Lipinski definition) is 3. The second-order valence-electron chi connectivity index (χ2n) is 7.30. The van der Waals surface area contributed by atoms with E-state index in [1.54, 1.807) is 0 Å². The number of rotatable bonds is 6. The molecule has 2 aromatic carbocycles. The average molecular weight is 494 g/mol. The molecule has 0 spiro atoms. The molecular weight excluding hydrogens is 473 g/mol. The van der Waals surface area contributed by atoms with Gasteiger partial charge in [0.05, 0.1) is 24.8 Å². The second-order valence-corrected chi connectivity index (χ2v) is 7.30. The number of alkyl halides is 3. The summed E-state index contributed by atoms with van der Waals surface area (Å²) < 4.78 is 46.6. The fraction of sp³-hybridized carbons (Fsp3) is 0.273. The molecule has 1 aliphatic heterocycles. The number of hydrogen-bond acceptors (Lipinski definition) is 6. The van der Waals surface area contributed by atoms with E-state index in [9.17, 15) is 32.3 Å². The lowest BCUT2D eigenvalue weighted by molar-refractivity contribution is -0.274. The maximum absolute atomic E-state index is 12.8. The van der Waals surface area contributed by atoms with E-state index >= 15 is 0 Å². The van der Waals surface area contributed by atoms with Gasteiger partial charge in [0, 0.05) is 18.8 Å². The first-order chi connectivity index (χ1) is 16.6. The van der Waals surface area contributed by atoms with Gasteiger partial charge in [0.2, 0.25) is 11.8 Å². The van der Waals surface area contributed by atoms with E-state index in [4.69, 9.17) is 0 Å². The van der Waals surface area contributed by atoms with Crippen molar-refractivity contribution in [2.75, 3.05) is 30.8 Å². The molecule has 0 bridgehead atoms. The molecule has 2 aromatic rings. The van der Waals surface area contributed by atoms with Gasteiger partial charge in [-0.25, -0.2) is 9.59 Å². The van der Waals surface area contributed by atoms with Gasteiger partial charge >= 0.3 is 18.4 Å². The number of nitrogens with zero attached hydrogens (tertiary/aromatic N) is 1. The highest BCUT2D eigenvalue weighted by Crippen LogP contribution is 2.30. The Labute approximate surface area is 197 Å². The number of piperazine rings is 1. The van der Waals surface area contributed by atoms with Crippen LogP contribution in [-0.2, 0) is 14.3 Å². The summed E-state index contributed by atoms with van der Waals surface area (Å²) in [6.07, 6.45) is -5.42. The number of methoxy groups -OCH3 is 1. The Morgan fingerprint density at radius 3 is 2.57 bits per heavy atom. The van der Waals surface area contributed by atoms with Gasteiger partial charge in [0.1, 0.15) is 6.04 Å². The Hall–Kier alpha value is -4.29.